The van der Waals surface area contributed by atoms with Gasteiger partial charge in [-0.15, -0.1) is 0 Å². The molecule has 634 valence electrons. The summed E-state index contributed by atoms with van der Waals surface area (Å²) in [5.74, 6) is -10.9. The Bertz CT molecular complexity index is 3680. The van der Waals surface area contributed by atoms with Crippen molar-refractivity contribution in [3.8, 4) is 0 Å². The van der Waals surface area contributed by atoms with Crippen molar-refractivity contribution >= 4 is 76.9 Å². The molecule has 0 heterocycles. The zero-order valence-corrected chi connectivity index (χ0v) is 68.2. The van der Waals surface area contributed by atoms with E-state index < -0.39 is 155 Å². The van der Waals surface area contributed by atoms with E-state index >= 15 is 0 Å². The number of nitrogens with two attached hydrogens (primary N) is 5. The van der Waals surface area contributed by atoms with E-state index in [0.717, 1.165) is 0 Å². The van der Waals surface area contributed by atoms with E-state index in [1.165, 1.54) is 13.8 Å². The molecule has 0 unspecified atom stereocenters. The Hall–Kier alpha value is -10.2. The summed E-state index contributed by atoms with van der Waals surface area (Å²) >= 11 is 0. The second-order valence-electron chi connectivity index (χ2n) is 30.8. The maximum absolute atomic E-state index is 14.8. The van der Waals surface area contributed by atoms with E-state index in [9.17, 15) is 67.4 Å². The van der Waals surface area contributed by atoms with Gasteiger partial charge in [-0.1, -0.05) is 169 Å². The molecule has 0 fully saturated rings. The van der Waals surface area contributed by atoms with E-state index in [2.05, 4.69) is 63.8 Å². The van der Waals surface area contributed by atoms with Gasteiger partial charge >= 0.3 is 5.97 Å². The lowest BCUT2D eigenvalue weighted by atomic mass is 9.99. The fraction of sp³-hybridized carbons (Fsp3) is 0.560. The summed E-state index contributed by atoms with van der Waals surface area (Å²) in [7, 11) is 0. The first kappa shape index (κ1) is 97.2. The maximum Gasteiger partial charge on any atom is 0.326 e. The summed E-state index contributed by atoms with van der Waals surface area (Å²) in [6.45, 7) is 15.0. The average Bonchev–Trinajstić information content (AvgIpc) is 0.846. The fourth-order valence-electron chi connectivity index (χ4n) is 12.8. The molecule has 0 bridgehead atoms. The minimum absolute atomic E-state index is 0.0456. The summed E-state index contributed by atoms with van der Waals surface area (Å²) in [4.78, 5) is 185. The van der Waals surface area contributed by atoms with Crippen molar-refractivity contribution in [2.24, 2.45) is 46.4 Å². The summed E-state index contributed by atoms with van der Waals surface area (Å²) in [5, 5.41) is 43.2. The van der Waals surface area contributed by atoms with Gasteiger partial charge in [-0.2, -0.15) is 0 Å². The molecule has 0 aliphatic heterocycles. The number of carboxylic acid groups (broad SMARTS) is 1. The topological polar surface area (TPSA) is 517 Å². The van der Waals surface area contributed by atoms with Crippen LogP contribution in [0.2, 0.25) is 0 Å². The Labute approximate surface area is 677 Å². The molecule has 4 rings (SSSR count). The van der Waals surface area contributed by atoms with Crippen molar-refractivity contribution in [2.75, 3.05) is 26.2 Å². The quantitative estimate of drug-likeness (QED) is 0.0281. The molecule has 0 spiro atoms. The normalized spacial score (nSPS) is 14.7. The lowest BCUT2D eigenvalue weighted by Gasteiger charge is -2.29. The van der Waals surface area contributed by atoms with E-state index in [1.54, 1.807) is 121 Å². The molecule has 0 aliphatic carbocycles. The molecule has 13 atom stereocenters. The molecule has 0 radical (unpaired) electrons. The number of unbranched alkanes of at least 4 members (excludes halogenated alkanes) is 4. The first-order valence-corrected chi connectivity index (χ1v) is 40.5. The zero-order valence-electron chi connectivity index (χ0n) is 68.2. The molecule has 12 amide bonds. The number of carboxylic acids is 1. The molecule has 31 nitrogen and oxygen atoms in total. The molecule has 0 saturated heterocycles. The Kier molecular flexibility index (Phi) is 44.8. The number of rotatable bonds is 55. The number of amides is 12. The molecule has 0 aromatic heterocycles. The van der Waals surface area contributed by atoms with E-state index in [0.29, 0.717) is 99.7 Å². The Morgan fingerprint density at radius 1 is 0.261 bits per heavy atom. The van der Waals surface area contributed by atoms with E-state index in [4.69, 9.17) is 28.7 Å². The van der Waals surface area contributed by atoms with Gasteiger partial charge in [-0.25, -0.2) is 4.79 Å². The zero-order chi connectivity index (χ0) is 84.9. The minimum atomic E-state index is -1.37. The first-order valence-electron chi connectivity index (χ1n) is 40.5. The van der Waals surface area contributed by atoms with Gasteiger partial charge in [0.15, 0.2) is 0 Å². The third kappa shape index (κ3) is 37.3. The summed E-state index contributed by atoms with van der Waals surface area (Å²) < 4.78 is 0. The second-order valence-corrected chi connectivity index (χ2v) is 30.8. The monoisotopic (exact) mass is 1600 g/mol. The predicted molar refractivity (Wildman–Crippen MR) is 441 cm³/mol. The highest BCUT2D eigenvalue weighted by Gasteiger charge is 2.38. The maximum atomic E-state index is 14.8. The SMILES string of the molecule is CC(C)C[C@H](NC(=O)[C@H](CC(C)C)NC(=O)[C@H](CCCCN)NC(=O)[C@H](CCCCN)NC(=O)[C@H](CCCCN)NC(=O)[C@@H](N)CCCCN)C(=O)N[C@@H](C)C(=O)N[C@@H](C)C(=O)N[C@@H](Cc1ccccc1)C(=O)N[C@@H](CC(C)C)C(=O)N[C@@H](Cc1ccccc1)C(=O)N[C@@H](Cc1ccccc1)C(=O)N[C@@H](Cc1ccccc1)C(=O)O. The number of aliphatic carboxylic acids is 1. The van der Waals surface area contributed by atoms with Gasteiger partial charge in [0.2, 0.25) is 70.9 Å². The molecule has 23 N–H and O–H groups in total. The van der Waals surface area contributed by atoms with Crippen LogP contribution in [0.25, 0.3) is 0 Å². The van der Waals surface area contributed by atoms with Gasteiger partial charge in [-0.05, 0) is 170 Å². The van der Waals surface area contributed by atoms with E-state index in [-0.39, 0.29) is 88.5 Å². The van der Waals surface area contributed by atoms with Crippen molar-refractivity contribution < 1.29 is 67.4 Å². The second kappa shape index (κ2) is 53.0. The standard InChI is InChI=1S/C84H129N17O14/c1-52(2)45-65(97-79(109)66(46-53(3)4)96-77(107)64(40-24-28-44-88)94-76(106)63(39-23-27-43-87)93-75(105)62(38-22-26-42-86)92-74(104)61(89)37-21-25-41-85)78(108)91-55(7)72(102)90-56(8)73(103)95-68(48-57-29-13-9-14-30-57)81(111)98-67(47-54(5)6)80(110)99-69(49-58-31-15-10-16-32-58)82(112)100-70(50-59-33-17-11-18-34-59)83(113)101-71(84(114)115)51-60-35-19-12-20-36-60/h9-20,29-36,52-56,61-71H,21-28,37-51,85-89H2,1-8H3,(H,90,102)(H,91,108)(H,92,104)(H,93,105)(H,94,106)(H,95,103)(H,96,107)(H,97,109)(H,98,111)(H,99,110)(H,100,112)(H,101,113)(H,114,115)/t55-,56-,61-,62-,63-,64-,65-,66-,67-,68-,69-,70-,71-/m0/s1. The number of nitrogens with one attached hydrogen (secondary N) is 12. The van der Waals surface area contributed by atoms with Gasteiger partial charge in [0, 0.05) is 25.7 Å². The van der Waals surface area contributed by atoms with Gasteiger partial charge < -0.3 is 97.6 Å². The predicted octanol–water partition coefficient (Wildman–Crippen LogP) is 1.88. The van der Waals surface area contributed by atoms with Gasteiger partial charge in [-0.3, -0.25) is 57.5 Å². The first-order chi connectivity index (χ1) is 54.9. The van der Waals surface area contributed by atoms with E-state index in [1.807, 2.05) is 41.5 Å². The third-order valence-corrected chi connectivity index (χ3v) is 19.2. The van der Waals surface area contributed by atoms with Gasteiger partial charge in [0.25, 0.3) is 0 Å². The van der Waals surface area contributed by atoms with Crippen LogP contribution >= 0.6 is 0 Å². The Morgan fingerprint density at radius 2 is 0.470 bits per heavy atom. The number of benzene rings is 4. The Balaban J connectivity index is 1.53. The number of carbonyl (C=O) groups is 13. The van der Waals surface area contributed by atoms with Crippen LogP contribution in [0.1, 0.15) is 174 Å². The molecule has 115 heavy (non-hydrogen) atoms. The number of carbonyl (C=O) groups excluding carboxylic acids is 12. The van der Waals surface area contributed by atoms with Gasteiger partial charge in [0.1, 0.15) is 72.5 Å². The van der Waals surface area contributed by atoms with Crippen molar-refractivity contribution in [2.45, 2.75) is 256 Å². The highest BCUT2D eigenvalue weighted by atomic mass is 16.4. The molecular formula is C84H129N17O14. The van der Waals surface area contributed by atoms with Crippen LogP contribution in [0, 0.1) is 17.8 Å². The van der Waals surface area contributed by atoms with Crippen LogP contribution in [-0.4, -0.2) is 187 Å². The molecule has 0 saturated carbocycles. The number of hydrogen-bond acceptors (Lipinski definition) is 18. The molecule has 0 aliphatic rings. The van der Waals surface area contributed by atoms with Crippen LogP contribution in [-0.2, 0) is 88.0 Å². The van der Waals surface area contributed by atoms with Crippen LogP contribution in [0.15, 0.2) is 121 Å². The van der Waals surface area contributed by atoms with Crippen LogP contribution in [0.4, 0.5) is 0 Å². The van der Waals surface area contributed by atoms with Gasteiger partial charge in [0.05, 0.1) is 6.04 Å². The van der Waals surface area contributed by atoms with Crippen LogP contribution in [0.5, 0.6) is 0 Å². The number of hydrogen-bond donors (Lipinski definition) is 18. The minimum Gasteiger partial charge on any atom is -0.480 e. The van der Waals surface area contributed by atoms with Crippen molar-refractivity contribution in [3.63, 3.8) is 0 Å². The Morgan fingerprint density at radius 3 is 0.757 bits per heavy atom. The summed E-state index contributed by atoms with van der Waals surface area (Å²) in [5.41, 5.74) is 31.8. The molecule has 31 heteroatoms. The molecule has 4 aromatic carbocycles. The summed E-state index contributed by atoms with van der Waals surface area (Å²) in [6, 6.07) is 18.6. The highest BCUT2D eigenvalue weighted by Crippen LogP contribution is 2.17. The molecular weight excluding hydrogens is 1470 g/mol. The third-order valence-electron chi connectivity index (χ3n) is 19.2. The summed E-state index contributed by atoms with van der Waals surface area (Å²) in [6.07, 6.45) is 4.72. The fourth-order valence-corrected chi connectivity index (χ4v) is 12.8. The molecule has 4 aromatic rings. The van der Waals surface area contributed by atoms with Crippen molar-refractivity contribution in [3.05, 3.63) is 144 Å². The van der Waals surface area contributed by atoms with Crippen LogP contribution in [0.3, 0.4) is 0 Å². The van der Waals surface area contributed by atoms with Crippen molar-refractivity contribution in [1.29, 1.82) is 0 Å². The lowest BCUT2D eigenvalue weighted by Crippen LogP contribution is -2.61. The smallest absolute Gasteiger partial charge is 0.326 e. The highest BCUT2D eigenvalue weighted by molar-refractivity contribution is 6.00. The largest absolute Gasteiger partial charge is 0.480 e. The van der Waals surface area contributed by atoms with Crippen LogP contribution < -0.4 is 92.5 Å². The lowest BCUT2D eigenvalue weighted by molar-refractivity contribution is -0.142. The van der Waals surface area contributed by atoms with Crippen molar-refractivity contribution in [1.82, 2.24) is 63.8 Å². The average molecular weight is 1600 g/mol.